The number of carboxylic acids is 1. The van der Waals surface area contributed by atoms with Gasteiger partial charge in [0, 0.05) is 12.5 Å². The zero-order chi connectivity index (χ0) is 13.8. The van der Waals surface area contributed by atoms with Crippen molar-refractivity contribution in [1.82, 2.24) is 5.32 Å². The van der Waals surface area contributed by atoms with Crippen molar-refractivity contribution in [3.05, 3.63) is 0 Å². The molecule has 0 aromatic heterocycles. The summed E-state index contributed by atoms with van der Waals surface area (Å²) in [6.45, 7) is 6.28. The maximum atomic E-state index is 11.8. The lowest BCUT2D eigenvalue weighted by Crippen LogP contribution is -2.36. The van der Waals surface area contributed by atoms with Crippen LogP contribution in [0.1, 0.15) is 59.3 Å². The Bertz CT molecular complexity index is 302. The van der Waals surface area contributed by atoms with E-state index < -0.39 is 5.97 Å². The normalized spacial score (nSPS) is 21.3. The van der Waals surface area contributed by atoms with E-state index in [1.54, 1.807) is 6.92 Å². The molecule has 104 valence electrons. The number of hydrogen-bond acceptors (Lipinski definition) is 2. The fourth-order valence-electron chi connectivity index (χ4n) is 2.57. The monoisotopic (exact) mass is 255 g/mol. The number of carbonyl (C=O) groups is 2. The van der Waals surface area contributed by atoms with Crippen LogP contribution in [0, 0.1) is 11.3 Å². The molecule has 1 aliphatic rings. The van der Waals surface area contributed by atoms with Crippen LogP contribution in [0.2, 0.25) is 0 Å². The second-order valence-electron chi connectivity index (χ2n) is 6.38. The van der Waals surface area contributed by atoms with E-state index >= 15 is 0 Å². The Labute approximate surface area is 109 Å². The van der Waals surface area contributed by atoms with Gasteiger partial charge in [0.15, 0.2) is 0 Å². The van der Waals surface area contributed by atoms with Crippen LogP contribution in [0.15, 0.2) is 0 Å². The Hall–Kier alpha value is -1.06. The molecule has 0 aromatic rings. The van der Waals surface area contributed by atoms with Crippen molar-refractivity contribution in [3.8, 4) is 0 Å². The second kappa shape index (κ2) is 6.21. The predicted octanol–water partition coefficient (Wildman–Crippen LogP) is 2.57. The molecular weight excluding hydrogens is 230 g/mol. The molecule has 1 amide bonds. The number of amides is 1. The molecule has 0 heterocycles. The Morgan fingerprint density at radius 2 is 1.89 bits per heavy atom. The van der Waals surface area contributed by atoms with Gasteiger partial charge >= 0.3 is 5.97 Å². The zero-order valence-corrected chi connectivity index (χ0v) is 11.7. The summed E-state index contributed by atoms with van der Waals surface area (Å²) in [5.41, 5.74) is 0.420. The largest absolute Gasteiger partial charge is 0.481 e. The first-order chi connectivity index (χ1) is 8.28. The van der Waals surface area contributed by atoms with Crippen LogP contribution in [0.5, 0.6) is 0 Å². The third-order valence-electron chi connectivity index (χ3n) is 3.82. The van der Waals surface area contributed by atoms with E-state index in [2.05, 4.69) is 19.2 Å². The van der Waals surface area contributed by atoms with Gasteiger partial charge in [-0.15, -0.1) is 0 Å². The summed E-state index contributed by atoms with van der Waals surface area (Å²) in [6.07, 6.45) is 5.09. The molecule has 1 rings (SSSR count). The van der Waals surface area contributed by atoms with Gasteiger partial charge in [-0.1, -0.05) is 13.8 Å². The Kier molecular flexibility index (Phi) is 5.17. The number of carbonyl (C=O) groups excluding carboxylic acids is 1. The summed E-state index contributed by atoms with van der Waals surface area (Å²) in [4.78, 5) is 22.3. The Morgan fingerprint density at radius 1 is 1.33 bits per heavy atom. The molecule has 2 N–H and O–H groups in total. The summed E-state index contributed by atoms with van der Waals surface area (Å²) >= 11 is 0. The molecule has 1 unspecified atom stereocenters. The molecule has 0 aromatic carbocycles. The minimum absolute atomic E-state index is 0.00606. The van der Waals surface area contributed by atoms with Gasteiger partial charge in [0.2, 0.25) is 5.91 Å². The second-order valence-corrected chi connectivity index (χ2v) is 6.38. The van der Waals surface area contributed by atoms with E-state index in [4.69, 9.17) is 5.11 Å². The van der Waals surface area contributed by atoms with Gasteiger partial charge in [0.05, 0.1) is 6.42 Å². The van der Waals surface area contributed by atoms with Gasteiger partial charge in [0.1, 0.15) is 0 Å². The number of aliphatic carboxylic acids is 1. The van der Waals surface area contributed by atoms with Gasteiger partial charge in [0.25, 0.3) is 0 Å². The smallest absolute Gasteiger partial charge is 0.305 e. The van der Waals surface area contributed by atoms with Crippen molar-refractivity contribution in [2.45, 2.75) is 65.3 Å². The van der Waals surface area contributed by atoms with Crippen LogP contribution >= 0.6 is 0 Å². The zero-order valence-electron chi connectivity index (χ0n) is 11.7. The fraction of sp³-hybridized carbons (Fsp3) is 0.857. The topological polar surface area (TPSA) is 66.4 Å². The minimum atomic E-state index is -0.873. The average molecular weight is 255 g/mol. The fourth-order valence-corrected chi connectivity index (χ4v) is 2.57. The first-order valence-corrected chi connectivity index (χ1v) is 6.80. The lowest BCUT2D eigenvalue weighted by Gasteiger charge is -2.34. The van der Waals surface area contributed by atoms with E-state index in [9.17, 15) is 9.59 Å². The number of hydrogen-bond donors (Lipinski definition) is 2. The Morgan fingerprint density at radius 3 is 2.39 bits per heavy atom. The predicted molar refractivity (Wildman–Crippen MR) is 70.2 cm³/mol. The van der Waals surface area contributed by atoms with Gasteiger partial charge in [-0.3, -0.25) is 9.59 Å². The van der Waals surface area contributed by atoms with Crippen LogP contribution in [-0.2, 0) is 9.59 Å². The van der Waals surface area contributed by atoms with Gasteiger partial charge in [-0.25, -0.2) is 0 Å². The third-order valence-corrected chi connectivity index (χ3v) is 3.82. The quantitative estimate of drug-likeness (QED) is 0.793. The van der Waals surface area contributed by atoms with Crippen molar-refractivity contribution in [3.63, 3.8) is 0 Å². The standard InChI is InChI=1S/C14H25NO3/c1-10(8-13(17)18)15-12(16)9-11-4-6-14(2,3)7-5-11/h10-11H,4-9H2,1-3H3,(H,15,16)(H,17,18). The maximum Gasteiger partial charge on any atom is 0.305 e. The van der Waals surface area contributed by atoms with E-state index in [-0.39, 0.29) is 18.4 Å². The highest BCUT2D eigenvalue weighted by Gasteiger charge is 2.28. The van der Waals surface area contributed by atoms with E-state index in [0.29, 0.717) is 17.8 Å². The van der Waals surface area contributed by atoms with Gasteiger partial charge in [-0.05, 0) is 43.9 Å². The molecule has 1 fully saturated rings. The summed E-state index contributed by atoms with van der Waals surface area (Å²) in [7, 11) is 0. The van der Waals surface area contributed by atoms with E-state index in [0.717, 1.165) is 12.8 Å². The van der Waals surface area contributed by atoms with Crippen LogP contribution in [0.25, 0.3) is 0 Å². The van der Waals surface area contributed by atoms with Crippen molar-refractivity contribution >= 4 is 11.9 Å². The van der Waals surface area contributed by atoms with Gasteiger partial charge < -0.3 is 10.4 Å². The molecule has 0 spiro atoms. The van der Waals surface area contributed by atoms with E-state index in [1.165, 1.54) is 12.8 Å². The van der Waals surface area contributed by atoms with Gasteiger partial charge in [-0.2, -0.15) is 0 Å². The summed E-state index contributed by atoms with van der Waals surface area (Å²) in [5, 5.41) is 11.4. The first-order valence-electron chi connectivity index (χ1n) is 6.80. The molecule has 4 nitrogen and oxygen atoms in total. The Balaban J connectivity index is 2.27. The van der Waals surface area contributed by atoms with Crippen molar-refractivity contribution in [1.29, 1.82) is 0 Å². The molecular formula is C14H25NO3. The number of nitrogens with one attached hydrogen (secondary N) is 1. The summed E-state index contributed by atoms with van der Waals surface area (Å²) in [5.74, 6) is -0.411. The summed E-state index contributed by atoms with van der Waals surface area (Å²) in [6, 6.07) is -0.282. The van der Waals surface area contributed by atoms with Crippen molar-refractivity contribution < 1.29 is 14.7 Å². The van der Waals surface area contributed by atoms with Crippen LogP contribution in [0.3, 0.4) is 0 Å². The molecule has 1 aliphatic carbocycles. The first kappa shape index (κ1) is 15.0. The lowest BCUT2D eigenvalue weighted by atomic mass is 9.72. The molecule has 1 saturated carbocycles. The molecule has 18 heavy (non-hydrogen) atoms. The maximum absolute atomic E-state index is 11.8. The van der Waals surface area contributed by atoms with Crippen LogP contribution in [-0.4, -0.2) is 23.0 Å². The van der Waals surface area contributed by atoms with E-state index in [1.807, 2.05) is 0 Å². The van der Waals surface area contributed by atoms with Crippen molar-refractivity contribution in [2.75, 3.05) is 0 Å². The van der Waals surface area contributed by atoms with Crippen LogP contribution < -0.4 is 5.32 Å². The molecule has 0 saturated heterocycles. The van der Waals surface area contributed by atoms with Crippen molar-refractivity contribution in [2.24, 2.45) is 11.3 Å². The molecule has 0 radical (unpaired) electrons. The highest BCUT2D eigenvalue weighted by Crippen LogP contribution is 2.39. The highest BCUT2D eigenvalue weighted by atomic mass is 16.4. The number of carboxylic acid groups (broad SMARTS) is 1. The molecule has 1 atom stereocenters. The lowest BCUT2D eigenvalue weighted by molar-refractivity contribution is -0.137. The highest BCUT2D eigenvalue weighted by molar-refractivity contribution is 5.77. The number of rotatable bonds is 5. The SMILES string of the molecule is CC(CC(=O)O)NC(=O)CC1CCC(C)(C)CC1. The molecule has 0 aliphatic heterocycles. The third kappa shape index (κ3) is 5.52. The average Bonchev–Trinajstić information content (AvgIpc) is 2.19. The molecule has 0 bridgehead atoms. The van der Waals surface area contributed by atoms with Crippen LogP contribution in [0.4, 0.5) is 0 Å². The minimum Gasteiger partial charge on any atom is -0.481 e. The summed E-state index contributed by atoms with van der Waals surface area (Å²) < 4.78 is 0. The molecule has 4 heteroatoms.